The molecule has 5 atom stereocenters. The zero-order valence-corrected chi connectivity index (χ0v) is 19.5. The summed E-state index contributed by atoms with van der Waals surface area (Å²) in [4.78, 5) is 26.6. The Kier molecular flexibility index (Phi) is 6.75. The lowest BCUT2D eigenvalue weighted by atomic mass is 10.00. The van der Waals surface area contributed by atoms with Crippen LogP contribution < -0.4 is 11.4 Å². The Morgan fingerprint density at radius 3 is 2.87 bits per heavy atom. The van der Waals surface area contributed by atoms with Crippen LogP contribution in [0.25, 0.3) is 0 Å². The first-order chi connectivity index (χ1) is 13.8. The van der Waals surface area contributed by atoms with Gasteiger partial charge in [0.1, 0.15) is 22.9 Å². The van der Waals surface area contributed by atoms with Gasteiger partial charge in [-0.1, -0.05) is 32.5 Å². The van der Waals surface area contributed by atoms with Gasteiger partial charge in [-0.2, -0.15) is 4.98 Å². The smallest absolute Gasteiger partial charge is 0.383 e. The van der Waals surface area contributed by atoms with Gasteiger partial charge in [-0.05, 0) is 13.0 Å². The first kappa shape index (κ1) is 23.7. The van der Waals surface area contributed by atoms with E-state index >= 15 is 0 Å². The number of anilines is 1. The average Bonchev–Trinajstić information content (AvgIpc) is 2.88. The number of ether oxygens (including phenoxy) is 1. The molecule has 168 valence electrons. The van der Waals surface area contributed by atoms with Crippen LogP contribution in [-0.2, 0) is 27.7 Å². The first-order valence-corrected chi connectivity index (χ1v) is 12.1. The molecule has 10 nitrogen and oxygen atoms in total. The zero-order chi connectivity index (χ0) is 22.3. The summed E-state index contributed by atoms with van der Waals surface area (Å²) in [6.07, 6.45) is -1.04. The highest BCUT2D eigenvalue weighted by Crippen LogP contribution is 2.59. The van der Waals surface area contributed by atoms with Crippen LogP contribution >= 0.6 is 31.2 Å². The number of alkyl halides is 1. The highest BCUT2D eigenvalue weighted by atomic mass is 35.5. The van der Waals surface area contributed by atoms with Crippen molar-refractivity contribution in [1.82, 2.24) is 9.55 Å². The highest BCUT2D eigenvalue weighted by Gasteiger charge is 2.60. The maximum absolute atomic E-state index is 12.9. The minimum atomic E-state index is -3.91. The molecule has 2 aliphatic rings. The van der Waals surface area contributed by atoms with E-state index in [4.69, 9.17) is 35.6 Å². The van der Waals surface area contributed by atoms with Crippen LogP contribution in [0.15, 0.2) is 17.1 Å². The summed E-state index contributed by atoms with van der Waals surface area (Å²) < 4.78 is 36.2. The van der Waals surface area contributed by atoms with Crippen molar-refractivity contribution in [3.63, 3.8) is 0 Å². The van der Waals surface area contributed by atoms with E-state index in [1.54, 1.807) is 6.92 Å². The van der Waals surface area contributed by atoms with E-state index in [2.05, 4.69) is 4.98 Å². The topological polar surface area (TPSA) is 132 Å². The van der Waals surface area contributed by atoms with Crippen LogP contribution in [0, 0.1) is 5.41 Å². The molecule has 0 bridgehead atoms. The van der Waals surface area contributed by atoms with Gasteiger partial charge in [0.25, 0.3) is 0 Å². The van der Waals surface area contributed by atoms with Crippen molar-refractivity contribution in [3.8, 4) is 0 Å². The van der Waals surface area contributed by atoms with Gasteiger partial charge < -0.3 is 10.5 Å². The maximum Gasteiger partial charge on any atom is 0.475 e. The normalized spacial score (nSPS) is 34.0. The number of nitrogens with zero attached hydrogens (tertiary/aromatic N) is 2. The molecule has 0 spiro atoms. The predicted octanol–water partition coefficient (Wildman–Crippen LogP) is 2.57. The number of nitrogens with two attached hydrogens (primary N) is 1. The van der Waals surface area contributed by atoms with Gasteiger partial charge in [0.15, 0.2) is 11.3 Å². The summed E-state index contributed by atoms with van der Waals surface area (Å²) in [5.74, 6) is 0.369. The van der Waals surface area contributed by atoms with Crippen molar-refractivity contribution in [2.75, 3.05) is 24.7 Å². The van der Waals surface area contributed by atoms with E-state index in [1.807, 2.05) is 20.8 Å². The second kappa shape index (κ2) is 8.54. The third kappa shape index (κ3) is 4.93. The molecule has 2 saturated heterocycles. The summed E-state index contributed by atoms with van der Waals surface area (Å²) in [7, 11) is -3.91. The largest absolute Gasteiger partial charge is 0.475 e. The molecule has 0 aliphatic carbocycles. The highest BCUT2D eigenvalue weighted by molar-refractivity contribution is 8.13. The fraction of sp³-hybridized carbons (Fsp3) is 0.706. The fourth-order valence-corrected chi connectivity index (χ4v) is 5.80. The molecule has 0 radical (unpaired) electrons. The van der Waals surface area contributed by atoms with Crippen LogP contribution in [0.3, 0.4) is 0 Å². The molecular weight excluding hydrogens is 457 g/mol. The summed E-state index contributed by atoms with van der Waals surface area (Å²) in [6, 6.07) is 1.45. The lowest BCUT2D eigenvalue weighted by Gasteiger charge is -2.34. The Balaban J connectivity index is 1.65. The average molecular weight is 482 g/mol. The standard InChI is InChI=1S/C17H25ClN3O7PS/c1-16(2,3)14(22)30-8-7-25-29(24)26-9-10-12(28-29)17(4,18)13(27-10)21-6-5-11(19)20-15(21)23/h5-6,10,12-13H,7-9H2,1-4H3,(H2,19,20,23)/t10-,12-,13-,17-,29-/m1/s1. The second-order valence-electron chi connectivity index (χ2n) is 8.21. The Morgan fingerprint density at radius 2 is 2.23 bits per heavy atom. The maximum atomic E-state index is 12.9. The number of phosphoric acid groups is 1. The van der Waals surface area contributed by atoms with Crippen molar-refractivity contribution in [2.45, 2.75) is 51.0 Å². The minimum absolute atomic E-state index is 0.00200. The number of halogens is 1. The van der Waals surface area contributed by atoms with E-state index in [-0.39, 0.29) is 24.1 Å². The number of carbonyl (C=O) groups is 1. The molecule has 2 aliphatic heterocycles. The third-order valence-electron chi connectivity index (χ3n) is 4.60. The zero-order valence-electron chi connectivity index (χ0n) is 17.1. The van der Waals surface area contributed by atoms with E-state index in [0.29, 0.717) is 5.75 Å². The van der Waals surface area contributed by atoms with Crippen molar-refractivity contribution in [1.29, 1.82) is 0 Å². The molecule has 1 aromatic heterocycles. The van der Waals surface area contributed by atoms with Crippen LogP contribution in [0.2, 0.25) is 0 Å². The Bertz CT molecular complexity index is 919. The molecular formula is C17H25ClN3O7PS. The van der Waals surface area contributed by atoms with Crippen LogP contribution in [-0.4, -0.2) is 50.7 Å². The van der Waals surface area contributed by atoms with Crippen LogP contribution in [0.4, 0.5) is 5.82 Å². The Labute approximate surface area is 183 Å². The van der Waals surface area contributed by atoms with E-state index in [9.17, 15) is 14.2 Å². The number of hydrogen-bond acceptors (Lipinski definition) is 10. The van der Waals surface area contributed by atoms with Crippen LogP contribution in [0.5, 0.6) is 0 Å². The van der Waals surface area contributed by atoms with Crippen molar-refractivity contribution < 1.29 is 27.7 Å². The van der Waals surface area contributed by atoms with Crippen LogP contribution in [0.1, 0.15) is 33.9 Å². The summed E-state index contributed by atoms with van der Waals surface area (Å²) in [5, 5.41) is -0.00200. The molecule has 1 aromatic rings. The number of carbonyl (C=O) groups excluding carboxylic acids is 1. The monoisotopic (exact) mass is 481 g/mol. The summed E-state index contributed by atoms with van der Waals surface area (Å²) >= 11 is 7.77. The molecule has 2 N–H and O–H groups in total. The minimum Gasteiger partial charge on any atom is -0.383 e. The van der Waals surface area contributed by atoms with Gasteiger partial charge in [-0.3, -0.25) is 22.9 Å². The molecule has 3 rings (SSSR count). The van der Waals surface area contributed by atoms with Gasteiger partial charge in [-0.15, -0.1) is 11.6 Å². The number of fused-ring (bicyclic) bond motifs is 1. The van der Waals surface area contributed by atoms with E-state index < -0.39 is 42.2 Å². The number of aromatic nitrogens is 2. The Hall–Kier alpha value is -0.940. The number of hydrogen-bond donors (Lipinski definition) is 1. The molecule has 3 heterocycles. The third-order valence-corrected chi connectivity index (χ3v) is 7.70. The van der Waals surface area contributed by atoms with Gasteiger partial charge >= 0.3 is 13.5 Å². The van der Waals surface area contributed by atoms with E-state index in [1.165, 1.54) is 16.8 Å². The van der Waals surface area contributed by atoms with Gasteiger partial charge in [0, 0.05) is 17.4 Å². The van der Waals surface area contributed by atoms with Gasteiger partial charge in [-0.25, -0.2) is 9.36 Å². The molecule has 30 heavy (non-hydrogen) atoms. The lowest BCUT2D eigenvalue weighted by Crippen LogP contribution is -2.45. The number of phosphoric ester groups is 1. The van der Waals surface area contributed by atoms with Crippen molar-refractivity contribution in [2.24, 2.45) is 5.41 Å². The fourth-order valence-electron chi connectivity index (χ4n) is 3.02. The van der Waals surface area contributed by atoms with Crippen molar-refractivity contribution in [3.05, 3.63) is 22.7 Å². The predicted molar refractivity (Wildman–Crippen MR) is 112 cm³/mol. The SMILES string of the molecule is CC(C)(C)C(=O)SCCO[P@]1(=O)OC[C@H]2O[C@@H](n3ccc(N)nc3=O)[C@](C)(Cl)[C@@H]2O1. The van der Waals surface area contributed by atoms with Gasteiger partial charge in [0.05, 0.1) is 13.2 Å². The van der Waals surface area contributed by atoms with E-state index in [0.717, 1.165) is 11.8 Å². The quantitative estimate of drug-likeness (QED) is 0.380. The number of thioether (sulfide) groups is 1. The molecule has 0 amide bonds. The molecule has 0 saturated carbocycles. The molecule has 0 aromatic carbocycles. The molecule has 2 fully saturated rings. The second-order valence-corrected chi connectivity index (χ2v) is 11.7. The number of nitrogen functional groups attached to an aromatic ring is 1. The number of rotatable bonds is 5. The van der Waals surface area contributed by atoms with Gasteiger partial charge in [0.2, 0.25) is 0 Å². The Morgan fingerprint density at radius 1 is 1.53 bits per heavy atom. The lowest BCUT2D eigenvalue weighted by molar-refractivity contribution is -0.117. The molecule has 13 heteroatoms. The van der Waals surface area contributed by atoms with Crippen molar-refractivity contribution >= 4 is 42.1 Å². The summed E-state index contributed by atoms with van der Waals surface area (Å²) in [5.41, 5.74) is 4.41. The molecule has 0 unspecified atom stereocenters. The first-order valence-electron chi connectivity index (χ1n) is 9.27. The summed E-state index contributed by atoms with van der Waals surface area (Å²) in [6.45, 7) is 6.97.